The third-order valence-corrected chi connectivity index (χ3v) is 10.0. The fourth-order valence-corrected chi connectivity index (χ4v) is 7.22. The Morgan fingerprint density at radius 1 is 1.17 bits per heavy atom. The minimum atomic E-state index is -3.24. The van der Waals surface area contributed by atoms with Gasteiger partial charge in [0.2, 0.25) is 0 Å². The van der Waals surface area contributed by atoms with Gasteiger partial charge < -0.3 is 9.29 Å². The average Bonchev–Trinajstić information content (AvgIpc) is 3.24. The van der Waals surface area contributed by atoms with Crippen molar-refractivity contribution >= 4 is 38.6 Å². The van der Waals surface area contributed by atoms with E-state index in [-0.39, 0.29) is 5.82 Å². The smallest absolute Gasteiger partial charge is 0.175 e. The number of hydrogen-bond donors (Lipinski definition) is 1. The molecule has 6 nitrogen and oxygen atoms in total. The van der Waals surface area contributed by atoms with Crippen LogP contribution in [0.3, 0.4) is 0 Å². The molecule has 1 saturated heterocycles. The number of fused-ring (bicyclic) bond motifs is 2. The zero-order valence-electron chi connectivity index (χ0n) is 21.4. The lowest BCUT2D eigenvalue weighted by Gasteiger charge is -2.42. The van der Waals surface area contributed by atoms with Crippen molar-refractivity contribution in [1.82, 2.24) is 14.2 Å². The van der Waals surface area contributed by atoms with Gasteiger partial charge in [-0.3, -0.25) is 4.90 Å². The summed E-state index contributed by atoms with van der Waals surface area (Å²) in [7, 11) is -3.24. The van der Waals surface area contributed by atoms with Crippen molar-refractivity contribution in [3.63, 3.8) is 0 Å². The fourth-order valence-electron chi connectivity index (χ4n) is 5.48. The first kappa shape index (κ1) is 25.6. The number of nitrogens with one attached hydrogen (secondary N) is 1. The first-order valence-corrected chi connectivity index (χ1v) is 15.3. The Kier molecular flexibility index (Phi) is 7.11. The van der Waals surface area contributed by atoms with Gasteiger partial charge in [-0.25, -0.2) is 17.1 Å². The highest BCUT2D eigenvalue weighted by atomic mass is 32.2. The molecule has 2 atom stereocenters. The molecule has 0 radical (unpaired) electrons. The summed E-state index contributed by atoms with van der Waals surface area (Å²) in [5.41, 5.74) is 4.34. The van der Waals surface area contributed by atoms with Gasteiger partial charge in [-0.2, -0.15) is 0 Å². The maximum Gasteiger partial charge on any atom is 0.175 e. The summed E-state index contributed by atoms with van der Waals surface area (Å²) in [5, 5.41) is 1.13. The summed E-state index contributed by atoms with van der Waals surface area (Å²) >= 11 is 1.74. The molecule has 1 aromatic heterocycles. The van der Waals surface area contributed by atoms with Crippen molar-refractivity contribution in [3.8, 4) is 0 Å². The van der Waals surface area contributed by atoms with Crippen LogP contribution < -0.4 is 4.31 Å². The van der Waals surface area contributed by atoms with E-state index in [0.717, 1.165) is 61.2 Å². The Morgan fingerprint density at radius 3 is 2.69 bits per heavy atom. The van der Waals surface area contributed by atoms with Crippen LogP contribution in [0.25, 0.3) is 10.9 Å². The van der Waals surface area contributed by atoms with Crippen molar-refractivity contribution in [1.29, 1.82) is 0 Å². The Labute approximate surface area is 218 Å². The summed E-state index contributed by atoms with van der Waals surface area (Å²) in [6.07, 6.45) is 5.48. The number of piperidine rings is 1. The predicted octanol–water partition coefficient (Wildman–Crippen LogP) is 5.57. The minimum absolute atomic E-state index is 0.209. The second-order valence-electron chi connectivity index (χ2n) is 10.5. The highest BCUT2D eigenvalue weighted by Gasteiger charge is 2.30. The van der Waals surface area contributed by atoms with Gasteiger partial charge in [0.15, 0.2) is 9.84 Å². The molecule has 2 aliphatic rings. The summed E-state index contributed by atoms with van der Waals surface area (Å²) in [6.45, 7) is 10.2. The third kappa shape index (κ3) is 5.16. The number of benzene rings is 2. The summed E-state index contributed by atoms with van der Waals surface area (Å²) in [5.74, 6) is 0.256. The van der Waals surface area contributed by atoms with E-state index in [2.05, 4.69) is 45.5 Å². The highest BCUT2D eigenvalue weighted by molar-refractivity contribution is 7.98. The summed E-state index contributed by atoms with van der Waals surface area (Å²) < 4.78 is 42.5. The molecule has 0 saturated carbocycles. The lowest BCUT2D eigenvalue weighted by atomic mass is 9.85. The lowest BCUT2D eigenvalue weighted by Crippen LogP contribution is -2.45. The molecule has 2 aliphatic heterocycles. The molecule has 2 aromatic carbocycles. The first-order valence-electron chi connectivity index (χ1n) is 12.7. The number of nitrogens with zero attached hydrogens (tertiary/aromatic N) is 3. The molecule has 0 spiro atoms. The summed E-state index contributed by atoms with van der Waals surface area (Å²) in [6, 6.07) is 11.3. The maximum absolute atomic E-state index is 13.6. The molecule has 9 heteroatoms. The Hall–Kier alpha value is -2.07. The topological polar surface area (TPSA) is 59.7 Å². The van der Waals surface area contributed by atoms with Crippen LogP contribution in [0.5, 0.6) is 0 Å². The van der Waals surface area contributed by atoms with Crippen LogP contribution in [0.2, 0.25) is 0 Å². The molecular weight excluding hydrogens is 495 g/mol. The number of anilines is 1. The van der Waals surface area contributed by atoms with Crippen LogP contribution in [0.4, 0.5) is 10.1 Å². The number of aromatic nitrogens is 1. The van der Waals surface area contributed by atoms with Crippen molar-refractivity contribution in [2.24, 2.45) is 0 Å². The molecule has 1 N–H and O–H groups in total. The van der Waals surface area contributed by atoms with Gasteiger partial charge in [0, 0.05) is 67.2 Å². The molecule has 0 unspecified atom stereocenters. The standard InChI is InChI=1S/C27H35FN4O2S2/c1-18(2)32-17-21-14-23(36(4,33)34)6-8-27(21)31(35-32)12-11-30-10-9-20(13-19(30)3)25-16-29-26-15-22(28)5-7-24(25)26/h5-8,14-16,18-20,29H,9-13,17H2,1-4H3/t19-,20+/m0/s1. The van der Waals surface area contributed by atoms with Gasteiger partial charge >= 0.3 is 0 Å². The normalized spacial score (nSPS) is 21.9. The molecule has 194 valence electrons. The molecule has 0 amide bonds. The molecule has 5 rings (SSSR count). The van der Waals surface area contributed by atoms with Crippen molar-refractivity contribution in [3.05, 3.63) is 59.5 Å². The van der Waals surface area contributed by atoms with E-state index < -0.39 is 9.84 Å². The van der Waals surface area contributed by atoms with Crippen molar-refractivity contribution < 1.29 is 12.8 Å². The highest BCUT2D eigenvalue weighted by Crippen LogP contribution is 2.39. The number of rotatable bonds is 6. The number of hydrogen-bond acceptors (Lipinski definition) is 6. The molecule has 1 fully saturated rings. The SMILES string of the molecule is CC(C)N1Cc2cc(S(C)(=O)=O)ccc2N(CCN2CC[C@@H](c3c[nH]c4cc(F)ccc34)C[C@@H]2C)S1. The molecule has 3 heterocycles. The van der Waals surface area contributed by atoms with Crippen LogP contribution in [0, 0.1) is 5.82 Å². The van der Waals surface area contributed by atoms with Crippen LogP contribution in [-0.4, -0.2) is 60.6 Å². The van der Waals surface area contributed by atoms with Crippen LogP contribution >= 0.6 is 12.1 Å². The number of sulfone groups is 1. The second-order valence-corrected chi connectivity index (χ2v) is 13.5. The van der Waals surface area contributed by atoms with Crippen LogP contribution in [0.1, 0.15) is 50.7 Å². The maximum atomic E-state index is 13.6. The Bertz CT molecular complexity index is 1360. The monoisotopic (exact) mass is 530 g/mol. The quantitative estimate of drug-likeness (QED) is 0.421. The van der Waals surface area contributed by atoms with E-state index in [1.807, 2.05) is 18.2 Å². The number of halogens is 1. The molecule has 36 heavy (non-hydrogen) atoms. The Morgan fingerprint density at radius 2 is 1.97 bits per heavy atom. The van der Waals surface area contributed by atoms with E-state index in [1.165, 1.54) is 11.8 Å². The predicted molar refractivity (Wildman–Crippen MR) is 146 cm³/mol. The summed E-state index contributed by atoms with van der Waals surface area (Å²) in [4.78, 5) is 6.19. The largest absolute Gasteiger partial charge is 0.361 e. The van der Waals surface area contributed by atoms with Gasteiger partial charge in [0.25, 0.3) is 0 Å². The van der Waals surface area contributed by atoms with Gasteiger partial charge in [-0.15, -0.1) is 0 Å². The van der Waals surface area contributed by atoms with Crippen molar-refractivity contribution in [2.45, 2.75) is 63.1 Å². The van der Waals surface area contributed by atoms with Gasteiger partial charge in [-0.1, -0.05) is 0 Å². The third-order valence-electron chi connectivity index (χ3n) is 7.57. The first-order chi connectivity index (χ1) is 17.1. The zero-order chi connectivity index (χ0) is 25.6. The number of likely N-dealkylation sites (tertiary alicyclic amines) is 1. The fraction of sp³-hybridized carbons (Fsp3) is 0.481. The number of aromatic amines is 1. The van der Waals surface area contributed by atoms with Crippen molar-refractivity contribution in [2.75, 3.05) is 30.2 Å². The lowest BCUT2D eigenvalue weighted by molar-refractivity contribution is 0.151. The van der Waals surface area contributed by atoms with E-state index in [9.17, 15) is 12.8 Å². The van der Waals surface area contributed by atoms with E-state index in [0.29, 0.717) is 22.9 Å². The molecular formula is C27H35FN4O2S2. The van der Waals surface area contributed by atoms with Gasteiger partial charge in [0.1, 0.15) is 5.82 Å². The zero-order valence-corrected chi connectivity index (χ0v) is 23.0. The van der Waals surface area contributed by atoms with Gasteiger partial charge in [0.05, 0.1) is 10.6 Å². The van der Waals surface area contributed by atoms with Crippen LogP contribution in [-0.2, 0) is 16.4 Å². The van der Waals surface area contributed by atoms with E-state index >= 15 is 0 Å². The average molecular weight is 531 g/mol. The van der Waals surface area contributed by atoms with Crippen LogP contribution in [0.15, 0.2) is 47.5 Å². The molecule has 0 bridgehead atoms. The van der Waals surface area contributed by atoms with Gasteiger partial charge in [-0.05, 0) is 93.6 Å². The Balaban J connectivity index is 1.27. The van der Waals surface area contributed by atoms with E-state index in [1.54, 1.807) is 30.3 Å². The molecule has 3 aromatic rings. The second kappa shape index (κ2) is 10.0. The molecule has 0 aliphatic carbocycles. The number of H-pyrrole nitrogens is 1. The van der Waals surface area contributed by atoms with E-state index in [4.69, 9.17) is 0 Å². The minimum Gasteiger partial charge on any atom is -0.361 e.